The van der Waals surface area contributed by atoms with E-state index in [0.29, 0.717) is 11.6 Å². The van der Waals surface area contributed by atoms with Crippen LogP contribution in [-0.4, -0.2) is 17.3 Å². The van der Waals surface area contributed by atoms with Crippen LogP contribution in [0.4, 0.5) is 18.3 Å². The van der Waals surface area contributed by atoms with Crippen molar-refractivity contribution in [3.8, 4) is 5.75 Å². The molecule has 0 saturated heterocycles. The second-order valence-corrected chi connectivity index (χ2v) is 6.73. The molecule has 1 aromatic carbocycles. The fourth-order valence-corrected chi connectivity index (χ4v) is 3.18. The Hall–Kier alpha value is -2.09. The Kier molecular flexibility index (Phi) is 4.75. The minimum absolute atomic E-state index is 0.0100. The first kappa shape index (κ1) is 16.8. The molecule has 1 N–H and O–H groups in total. The summed E-state index contributed by atoms with van der Waals surface area (Å²) < 4.78 is 40.2. The van der Waals surface area contributed by atoms with E-state index in [0.717, 1.165) is 29.7 Å². The first-order valence-electron chi connectivity index (χ1n) is 7.49. The molecule has 128 valence electrons. The second-order valence-electron chi connectivity index (χ2n) is 5.62. The van der Waals surface area contributed by atoms with E-state index in [1.165, 1.54) is 23.5 Å². The number of aromatic nitrogens is 1. The van der Waals surface area contributed by atoms with Crippen molar-refractivity contribution < 1.29 is 22.7 Å². The van der Waals surface area contributed by atoms with Crippen molar-refractivity contribution in [2.24, 2.45) is 5.92 Å². The number of amides is 1. The van der Waals surface area contributed by atoms with Crippen LogP contribution in [-0.2, 0) is 11.2 Å². The monoisotopic (exact) mass is 356 g/mol. The predicted octanol–water partition coefficient (Wildman–Crippen LogP) is 4.37. The van der Waals surface area contributed by atoms with Gasteiger partial charge in [-0.05, 0) is 30.5 Å². The minimum atomic E-state index is -4.69. The maximum absolute atomic E-state index is 12.1. The maximum atomic E-state index is 12.1. The molecule has 1 amide bonds. The molecule has 1 fully saturated rings. The van der Waals surface area contributed by atoms with E-state index in [9.17, 15) is 18.0 Å². The molecule has 0 bridgehead atoms. The van der Waals surface area contributed by atoms with E-state index in [-0.39, 0.29) is 17.6 Å². The molecule has 0 aliphatic heterocycles. The Morgan fingerprint density at radius 3 is 2.58 bits per heavy atom. The molecule has 3 rings (SSSR count). The number of halogens is 3. The zero-order valence-corrected chi connectivity index (χ0v) is 13.4. The van der Waals surface area contributed by atoms with Crippen LogP contribution < -0.4 is 10.1 Å². The van der Waals surface area contributed by atoms with E-state index >= 15 is 0 Å². The number of rotatable bonds is 5. The lowest BCUT2D eigenvalue weighted by atomic mass is 9.85. The lowest BCUT2D eigenvalue weighted by Crippen LogP contribution is -2.27. The minimum Gasteiger partial charge on any atom is -0.406 e. The van der Waals surface area contributed by atoms with Crippen LogP contribution >= 0.6 is 11.3 Å². The van der Waals surface area contributed by atoms with Crippen LogP contribution in [0.5, 0.6) is 5.75 Å². The summed E-state index contributed by atoms with van der Waals surface area (Å²) in [4.78, 5) is 17.0. The number of anilines is 1. The quantitative estimate of drug-likeness (QED) is 0.865. The van der Waals surface area contributed by atoms with Gasteiger partial charge >= 0.3 is 6.36 Å². The third-order valence-corrected chi connectivity index (χ3v) is 4.71. The molecule has 1 aromatic heterocycles. The zero-order valence-electron chi connectivity index (χ0n) is 12.6. The third kappa shape index (κ3) is 4.47. The maximum Gasteiger partial charge on any atom is 0.573 e. The van der Waals surface area contributed by atoms with Crippen molar-refractivity contribution in [2.75, 3.05) is 5.32 Å². The Morgan fingerprint density at radius 1 is 1.29 bits per heavy atom. The summed E-state index contributed by atoms with van der Waals surface area (Å²) in [5.41, 5.74) is 0.838. The van der Waals surface area contributed by atoms with Crippen LogP contribution in [0.25, 0.3) is 0 Å². The number of hydrogen-bond donors (Lipinski definition) is 1. The number of hydrogen-bond acceptors (Lipinski definition) is 4. The standard InChI is InChI=1S/C16H15F3N2O2S/c17-16(18,19)23-12-6-4-10(5-7-12)8-13-9-20-15(24-13)21-14(22)11-2-1-3-11/h4-7,9,11H,1-3,8H2,(H,20,21,22). The highest BCUT2D eigenvalue weighted by Crippen LogP contribution is 2.29. The van der Waals surface area contributed by atoms with Gasteiger partial charge in [-0.2, -0.15) is 0 Å². The SMILES string of the molecule is O=C(Nc1ncc(Cc2ccc(OC(F)(F)F)cc2)s1)C1CCC1. The van der Waals surface area contributed by atoms with Crippen LogP contribution in [0.1, 0.15) is 29.7 Å². The Morgan fingerprint density at radius 2 is 2.00 bits per heavy atom. The van der Waals surface area contributed by atoms with Crippen molar-refractivity contribution >= 4 is 22.4 Å². The lowest BCUT2D eigenvalue weighted by Gasteiger charge is -2.23. The summed E-state index contributed by atoms with van der Waals surface area (Å²) >= 11 is 1.37. The number of ether oxygens (including phenoxy) is 1. The van der Waals surface area contributed by atoms with Crippen molar-refractivity contribution in [1.82, 2.24) is 4.98 Å². The van der Waals surface area contributed by atoms with Gasteiger partial charge in [0, 0.05) is 23.4 Å². The first-order valence-corrected chi connectivity index (χ1v) is 8.31. The van der Waals surface area contributed by atoms with E-state index in [1.54, 1.807) is 18.3 Å². The van der Waals surface area contributed by atoms with E-state index in [1.807, 2.05) is 0 Å². The summed E-state index contributed by atoms with van der Waals surface area (Å²) in [6.45, 7) is 0. The van der Waals surface area contributed by atoms with Crippen molar-refractivity contribution in [3.05, 3.63) is 40.9 Å². The number of nitrogens with one attached hydrogen (secondary N) is 1. The Balaban J connectivity index is 1.57. The number of alkyl halides is 3. The number of carbonyl (C=O) groups excluding carboxylic acids is 1. The lowest BCUT2D eigenvalue weighted by molar-refractivity contribution is -0.274. The summed E-state index contributed by atoms with van der Waals surface area (Å²) in [5.74, 6) is -0.140. The number of thiazole rings is 1. The van der Waals surface area contributed by atoms with Gasteiger partial charge in [0.2, 0.25) is 5.91 Å². The highest BCUT2D eigenvalue weighted by Gasteiger charge is 2.31. The number of benzene rings is 1. The Bertz CT molecular complexity index is 709. The average Bonchev–Trinajstić information content (AvgIpc) is 2.84. The van der Waals surface area contributed by atoms with Gasteiger partial charge in [-0.25, -0.2) is 4.98 Å². The summed E-state index contributed by atoms with van der Waals surface area (Å²) in [5, 5.41) is 3.36. The molecule has 1 aliphatic rings. The third-order valence-electron chi connectivity index (χ3n) is 3.79. The molecule has 4 nitrogen and oxygen atoms in total. The van der Waals surface area contributed by atoms with Gasteiger partial charge in [-0.1, -0.05) is 18.6 Å². The van der Waals surface area contributed by atoms with Gasteiger partial charge in [-0.15, -0.1) is 24.5 Å². The fourth-order valence-electron chi connectivity index (χ4n) is 2.34. The zero-order chi connectivity index (χ0) is 17.2. The summed E-state index contributed by atoms with van der Waals surface area (Å²) in [6.07, 6.45) is 0.458. The molecule has 1 heterocycles. The Labute approximate surface area is 140 Å². The van der Waals surface area contributed by atoms with E-state index < -0.39 is 6.36 Å². The normalized spacial score (nSPS) is 15.0. The molecular formula is C16H15F3N2O2S. The predicted molar refractivity (Wildman–Crippen MR) is 84.0 cm³/mol. The summed E-state index contributed by atoms with van der Waals surface area (Å²) in [6, 6.07) is 5.72. The molecule has 0 unspecified atom stereocenters. The molecule has 0 radical (unpaired) electrons. The van der Waals surface area contributed by atoms with Crippen molar-refractivity contribution in [3.63, 3.8) is 0 Å². The molecule has 0 atom stereocenters. The first-order chi connectivity index (χ1) is 11.4. The number of carbonyl (C=O) groups is 1. The molecular weight excluding hydrogens is 341 g/mol. The average molecular weight is 356 g/mol. The van der Waals surface area contributed by atoms with E-state index in [4.69, 9.17) is 0 Å². The van der Waals surface area contributed by atoms with Gasteiger partial charge < -0.3 is 10.1 Å². The molecule has 2 aromatic rings. The molecule has 0 spiro atoms. The molecule has 1 aliphatic carbocycles. The molecule has 8 heteroatoms. The highest BCUT2D eigenvalue weighted by atomic mass is 32.1. The van der Waals surface area contributed by atoms with Crippen LogP contribution in [0, 0.1) is 5.92 Å². The van der Waals surface area contributed by atoms with Crippen molar-refractivity contribution in [2.45, 2.75) is 32.0 Å². The summed E-state index contributed by atoms with van der Waals surface area (Å²) in [7, 11) is 0. The fraction of sp³-hybridized carbons (Fsp3) is 0.375. The largest absolute Gasteiger partial charge is 0.573 e. The van der Waals surface area contributed by atoms with Gasteiger partial charge in [0.15, 0.2) is 5.13 Å². The van der Waals surface area contributed by atoms with E-state index in [2.05, 4.69) is 15.0 Å². The topological polar surface area (TPSA) is 51.2 Å². The van der Waals surface area contributed by atoms with Gasteiger partial charge in [-0.3, -0.25) is 4.79 Å². The number of nitrogens with zero attached hydrogens (tertiary/aromatic N) is 1. The molecule has 1 saturated carbocycles. The van der Waals surface area contributed by atoms with Crippen LogP contribution in [0.15, 0.2) is 30.5 Å². The molecule has 24 heavy (non-hydrogen) atoms. The van der Waals surface area contributed by atoms with Gasteiger partial charge in [0.1, 0.15) is 5.75 Å². The smallest absolute Gasteiger partial charge is 0.406 e. The van der Waals surface area contributed by atoms with Crippen LogP contribution in [0.2, 0.25) is 0 Å². The second kappa shape index (κ2) is 6.80. The van der Waals surface area contributed by atoms with Crippen molar-refractivity contribution in [1.29, 1.82) is 0 Å². The highest BCUT2D eigenvalue weighted by molar-refractivity contribution is 7.15. The van der Waals surface area contributed by atoms with Gasteiger partial charge in [0.05, 0.1) is 0 Å². The van der Waals surface area contributed by atoms with Crippen LogP contribution in [0.3, 0.4) is 0 Å². The van der Waals surface area contributed by atoms with Gasteiger partial charge in [0.25, 0.3) is 0 Å².